The van der Waals surface area contributed by atoms with Gasteiger partial charge in [0.15, 0.2) is 0 Å². The quantitative estimate of drug-likeness (QED) is 0.876. The molecule has 6 heteroatoms. The Morgan fingerprint density at radius 2 is 1.92 bits per heavy atom. The molecule has 144 valence electrons. The van der Waals surface area contributed by atoms with E-state index in [9.17, 15) is 9.59 Å². The summed E-state index contributed by atoms with van der Waals surface area (Å²) in [5.74, 6) is 0. The van der Waals surface area contributed by atoms with Gasteiger partial charge in [-0.2, -0.15) is 0 Å². The molecule has 26 heavy (non-hydrogen) atoms. The maximum Gasteiger partial charge on any atom is 0.410 e. The molecule has 0 aromatic heterocycles. The number of carbonyl (C=O) groups is 2. The average Bonchev–Trinajstić information content (AvgIpc) is 2.59. The molecule has 2 atom stereocenters. The van der Waals surface area contributed by atoms with Crippen LogP contribution in [0.5, 0.6) is 0 Å². The topological polar surface area (TPSA) is 67.9 Å². The number of benzene rings is 1. The third-order valence-electron chi connectivity index (χ3n) is 4.31. The van der Waals surface area contributed by atoms with Gasteiger partial charge >= 0.3 is 12.2 Å². The van der Waals surface area contributed by atoms with E-state index in [0.29, 0.717) is 6.54 Å². The van der Waals surface area contributed by atoms with Crippen LogP contribution in [0, 0.1) is 0 Å². The Labute approximate surface area is 155 Å². The number of hydrogen-bond acceptors (Lipinski definition) is 4. The summed E-state index contributed by atoms with van der Waals surface area (Å²) in [4.78, 5) is 26.3. The maximum atomic E-state index is 12.5. The lowest BCUT2D eigenvalue weighted by Crippen LogP contribution is -2.55. The Balaban J connectivity index is 1.89. The number of rotatable bonds is 4. The van der Waals surface area contributed by atoms with Crippen LogP contribution in [-0.2, 0) is 16.1 Å². The van der Waals surface area contributed by atoms with Crippen molar-refractivity contribution in [3.05, 3.63) is 35.9 Å². The van der Waals surface area contributed by atoms with Gasteiger partial charge in [0.05, 0.1) is 6.04 Å². The summed E-state index contributed by atoms with van der Waals surface area (Å²) in [5.41, 5.74) is 0.396. The normalized spacial score (nSPS) is 18.8. The first kappa shape index (κ1) is 20.1. The third kappa shape index (κ3) is 6.24. The predicted molar refractivity (Wildman–Crippen MR) is 99.8 cm³/mol. The minimum atomic E-state index is -0.537. The Morgan fingerprint density at radius 1 is 1.23 bits per heavy atom. The van der Waals surface area contributed by atoms with Crippen molar-refractivity contribution < 1.29 is 19.1 Å². The lowest BCUT2D eigenvalue weighted by molar-refractivity contribution is 0.00528. The molecule has 0 spiro atoms. The highest BCUT2D eigenvalue weighted by Crippen LogP contribution is 2.22. The van der Waals surface area contributed by atoms with Crippen LogP contribution < -0.4 is 5.32 Å². The molecule has 1 aromatic carbocycles. The van der Waals surface area contributed by atoms with Crippen molar-refractivity contribution in [3.8, 4) is 0 Å². The molecule has 1 aliphatic rings. The van der Waals surface area contributed by atoms with Gasteiger partial charge in [0, 0.05) is 12.6 Å². The molecular weight excluding hydrogens is 332 g/mol. The van der Waals surface area contributed by atoms with E-state index in [1.165, 1.54) is 0 Å². The lowest BCUT2D eigenvalue weighted by Gasteiger charge is -2.39. The molecule has 1 fully saturated rings. The number of nitrogens with one attached hydrogen (secondary N) is 1. The zero-order chi connectivity index (χ0) is 19.2. The maximum absolute atomic E-state index is 12.5. The first-order valence-electron chi connectivity index (χ1n) is 9.23. The molecule has 0 saturated carbocycles. The SMILES string of the molecule is C[C@H](NC(=O)OCc1ccccc1)[C@H]1CCCCN1C(=O)OC(C)(C)C. The fraction of sp³-hybridized carbons (Fsp3) is 0.600. The molecule has 1 N–H and O–H groups in total. The number of carbonyl (C=O) groups excluding carboxylic acids is 2. The molecule has 6 nitrogen and oxygen atoms in total. The van der Waals surface area contributed by atoms with E-state index < -0.39 is 11.7 Å². The zero-order valence-electron chi connectivity index (χ0n) is 16.2. The Bertz CT molecular complexity index is 598. The van der Waals surface area contributed by atoms with Crippen molar-refractivity contribution in [3.63, 3.8) is 0 Å². The van der Waals surface area contributed by atoms with Crippen LogP contribution in [0.1, 0.15) is 52.5 Å². The van der Waals surface area contributed by atoms with E-state index in [2.05, 4.69) is 5.32 Å². The highest BCUT2D eigenvalue weighted by Gasteiger charge is 2.34. The van der Waals surface area contributed by atoms with Gasteiger partial charge in [-0.3, -0.25) is 0 Å². The minimum absolute atomic E-state index is 0.0946. The second-order valence-corrected chi connectivity index (χ2v) is 7.73. The summed E-state index contributed by atoms with van der Waals surface area (Å²) >= 11 is 0. The van der Waals surface area contributed by atoms with Gasteiger partial charge in [0.25, 0.3) is 0 Å². The van der Waals surface area contributed by atoms with Crippen LogP contribution >= 0.6 is 0 Å². The summed E-state index contributed by atoms with van der Waals surface area (Å²) in [6, 6.07) is 9.22. The van der Waals surface area contributed by atoms with Crippen molar-refractivity contribution in [1.29, 1.82) is 0 Å². The van der Waals surface area contributed by atoms with Gasteiger partial charge in [0.1, 0.15) is 12.2 Å². The van der Waals surface area contributed by atoms with Gasteiger partial charge in [-0.05, 0) is 52.5 Å². The second-order valence-electron chi connectivity index (χ2n) is 7.73. The molecule has 1 heterocycles. The van der Waals surface area contributed by atoms with Crippen LogP contribution in [0.15, 0.2) is 30.3 Å². The fourth-order valence-corrected chi connectivity index (χ4v) is 3.07. The van der Waals surface area contributed by atoms with Crippen molar-refractivity contribution in [1.82, 2.24) is 10.2 Å². The molecule has 2 amide bonds. The largest absolute Gasteiger partial charge is 0.445 e. The zero-order valence-corrected chi connectivity index (χ0v) is 16.2. The third-order valence-corrected chi connectivity index (χ3v) is 4.31. The van der Waals surface area contributed by atoms with E-state index >= 15 is 0 Å². The number of amides is 2. The molecule has 0 bridgehead atoms. The Morgan fingerprint density at radius 3 is 2.58 bits per heavy atom. The van der Waals surface area contributed by atoms with Gasteiger partial charge in [-0.1, -0.05) is 30.3 Å². The first-order chi connectivity index (χ1) is 12.3. The second kappa shape index (κ2) is 8.92. The predicted octanol–water partition coefficient (Wildman–Crippen LogP) is 4.09. The van der Waals surface area contributed by atoms with E-state index in [1.54, 1.807) is 4.90 Å². The monoisotopic (exact) mass is 362 g/mol. The Hall–Kier alpha value is -2.24. The number of nitrogens with zero attached hydrogens (tertiary/aromatic N) is 1. The molecule has 0 radical (unpaired) electrons. The Kier molecular flexibility index (Phi) is 6.89. The van der Waals surface area contributed by atoms with Crippen molar-refractivity contribution in [2.75, 3.05) is 6.54 Å². The van der Waals surface area contributed by atoms with Crippen LogP contribution in [-0.4, -0.2) is 41.3 Å². The van der Waals surface area contributed by atoms with Gasteiger partial charge in [0.2, 0.25) is 0 Å². The van der Waals surface area contributed by atoms with Crippen molar-refractivity contribution >= 4 is 12.2 Å². The number of alkyl carbamates (subject to hydrolysis) is 1. The molecule has 0 unspecified atom stereocenters. The first-order valence-corrected chi connectivity index (χ1v) is 9.23. The van der Waals surface area contributed by atoms with Gasteiger partial charge < -0.3 is 19.7 Å². The van der Waals surface area contributed by atoms with Crippen molar-refractivity contribution in [2.24, 2.45) is 0 Å². The van der Waals surface area contributed by atoms with Crippen LogP contribution in [0.4, 0.5) is 9.59 Å². The standard InChI is InChI=1S/C20H30N2O4/c1-15(21-18(23)25-14-16-10-6-5-7-11-16)17-12-8-9-13-22(17)19(24)26-20(2,3)4/h5-7,10-11,15,17H,8-9,12-14H2,1-4H3,(H,21,23)/t15-,17+/m0/s1. The summed E-state index contributed by atoms with van der Waals surface area (Å²) < 4.78 is 10.8. The lowest BCUT2D eigenvalue weighted by atomic mass is 9.97. The van der Waals surface area contributed by atoms with Crippen LogP contribution in [0.25, 0.3) is 0 Å². The highest BCUT2D eigenvalue weighted by molar-refractivity contribution is 5.70. The summed E-state index contributed by atoms with van der Waals surface area (Å²) in [6.07, 6.45) is 2.00. The smallest absolute Gasteiger partial charge is 0.410 e. The van der Waals surface area contributed by atoms with E-state index in [1.807, 2.05) is 58.0 Å². The molecule has 1 saturated heterocycles. The summed E-state index contributed by atoms with van der Waals surface area (Å²) in [5, 5.41) is 2.86. The van der Waals surface area contributed by atoms with Crippen LogP contribution in [0.2, 0.25) is 0 Å². The number of piperidine rings is 1. The number of ether oxygens (including phenoxy) is 2. The van der Waals surface area contributed by atoms with Gasteiger partial charge in [-0.15, -0.1) is 0 Å². The number of hydrogen-bond donors (Lipinski definition) is 1. The molecule has 1 aromatic rings. The van der Waals surface area contributed by atoms with E-state index in [4.69, 9.17) is 9.47 Å². The minimum Gasteiger partial charge on any atom is -0.445 e. The molecular formula is C20H30N2O4. The summed E-state index contributed by atoms with van der Waals surface area (Å²) in [7, 11) is 0. The molecule has 2 rings (SSSR count). The fourth-order valence-electron chi connectivity index (χ4n) is 3.07. The van der Waals surface area contributed by atoms with Crippen molar-refractivity contribution in [2.45, 2.75) is 71.2 Å². The van der Waals surface area contributed by atoms with E-state index in [0.717, 1.165) is 24.8 Å². The highest BCUT2D eigenvalue weighted by atomic mass is 16.6. The van der Waals surface area contributed by atoms with Crippen LogP contribution in [0.3, 0.4) is 0 Å². The number of likely N-dealkylation sites (tertiary alicyclic amines) is 1. The molecule has 1 aliphatic heterocycles. The average molecular weight is 362 g/mol. The molecule has 0 aliphatic carbocycles. The van der Waals surface area contributed by atoms with E-state index in [-0.39, 0.29) is 24.8 Å². The van der Waals surface area contributed by atoms with Gasteiger partial charge in [-0.25, -0.2) is 9.59 Å². The summed E-state index contributed by atoms with van der Waals surface area (Å²) in [6.45, 7) is 8.33.